The molecule has 6 nitrogen and oxygen atoms in total. The van der Waals surface area contributed by atoms with Gasteiger partial charge >= 0.3 is 6.09 Å². The summed E-state index contributed by atoms with van der Waals surface area (Å²) in [4.78, 5) is 30.7. The predicted octanol–water partition coefficient (Wildman–Crippen LogP) is 4.07. The minimum absolute atomic E-state index is 0.0336. The van der Waals surface area contributed by atoms with E-state index in [0.29, 0.717) is 37.3 Å². The van der Waals surface area contributed by atoms with Crippen molar-refractivity contribution in [2.24, 2.45) is 5.92 Å². The summed E-state index contributed by atoms with van der Waals surface area (Å²) >= 11 is 0. The number of amides is 2. The molecular formula is C24H27N3O3. The highest BCUT2D eigenvalue weighted by molar-refractivity contribution is 5.92. The number of anilines is 1. The van der Waals surface area contributed by atoms with E-state index >= 15 is 0 Å². The van der Waals surface area contributed by atoms with Crippen LogP contribution in [-0.4, -0.2) is 40.6 Å². The van der Waals surface area contributed by atoms with Crippen molar-refractivity contribution in [1.29, 1.82) is 0 Å². The zero-order valence-corrected chi connectivity index (χ0v) is 17.6. The molecule has 1 aromatic heterocycles. The lowest BCUT2D eigenvalue weighted by molar-refractivity contribution is -0.121. The van der Waals surface area contributed by atoms with E-state index in [1.54, 1.807) is 11.1 Å². The zero-order chi connectivity index (χ0) is 21.6. The topological polar surface area (TPSA) is 71.5 Å². The van der Waals surface area contributed by atoms with E-state index in [9.17, 15) is 9.59 Å². The first-order valence-electron chi connectivity index (χ1n) is 10.1. The molecule has 0 atom stereocenters. The monoisotopic (exact) mass is 405 g/mol. The summed E-state index contributed by atoms with van der Waals surface area (Å²) in [7, 11) is 0. The fourth-order valence-electron chi connectivity index (χ4n) is 3.14. The Bertz CT molecular complexity index is 947. The summed E-state index contributed by atoms with van der Waals surface area (Å²) in [6, 6.07) is 13.0. The molecule has 2 heterocycles. The summed E-state index contributed by atoms with van der Waals surface area (Å²) in [5.74, 6) is 5.92. The number of ether oxygens (including phenoxy) is 1. The largest absolute Gasteiger partial charge is 0.444 e. The number of benzene rings is 1. The number of hydrogen-bond donors (Lipinski definition) is 1. The summed E-state index contributed by atoms with van der Waals surface area (Å²) in [6.45, 7) is 6.57. The fourth-order valence-corrected chi connectivity index (χ4v) is 3.14. The second kappa shape index (κ2) is 9.45. The van der Waals surface area contributed by atoms with Gasteiger partial charge in [0.05, 0.1) is 0 Å². The Morgan fingerprint density at radius 3 is 2.53 bits per heavy atom. The molecule has 0 unspecified atom stereocenters. The third kappa shape index (κ3) is 6.35. The normalized spacial score (nSPS) is 14.4. The fraction of sp³-hybridized carbons (Fsp3) is 0.375. The number of aromatic nitrogens is 1. The average molecular weight is 405 g/mol. The van der Waals surface area contributed by atoms with E-state index in [0.717, 1.165) is 5.56 Å². The van der Waals surface area contributed by atoms with E-state index in [4.69, 9.17) is 4.74 Å². The number of carbonyl (C=O) groups is 2. The van der Waals surface area contributed by atoms with Crippen molar-refractivity contribution in [2.45, 2.75) is 39.2 Å². The van der Waals surface area contributed by atoms with Crippen molar-refractivity contribution in [3.8, 4) is 11.8 Å². The quantitative estimate of drug-likeness (QED) is 0.765. The van der Waals surface area contributed by atoms with Crippen LogP contribution in [0, 0.1) is 17.8 Å². The molecule has 156 valence electrons. The molecule has 0 radical (unpaired) electrons. The zero-order valence-electron chi connectivity index (χ0n) is 17.6. The third-order valence-corrected chi connectivity index (χ3v) is 4.65. The van der Waals surface area contributed by atoms with Crippen LogP contribution in [0.25, 0.3) is 0 Å². The second-order valence-electron chi connectivity index (χ2n) is 8.28. The lowest BCUT2D eigenvalue weighted by Crippen LogP contribution is -2.43. The van der Waals surface area contributed by atoms with Crippen molar-refractivity contribution in [1.82, 2.24) is 9.88 Å². The first-order valence-corrected chi connectivity index (χ1v) is 10.1. The van der Waals surface area contributed by atoms with Gasteiger partial charge in [-0.15, -0.1) is 0 Å². The Morgan fingerprint density at radius 2 is 1.87 bits per heavy atom. The van der Waals surface area contributed by atoms with Crippen molar-refractivity contribution in [3.63, 3.8) is 0 Å². The van der Waals surface area contributed by atoms with Gasteiger partial charge in [0, 0.05) is 36.5 Å². The van der Waals surface area contributed by atoms with Crippen molar-refractivity contribution in [2.75, 3.05) is 18.4 Å². The number of rotatable bonds is 2. The molecule has 1 fully saturated rings. The number of pyridine rings is 1. The molecule has 0 saturated carbocycles. The van der Waals surface area contributed by atoms with Gasteiger partial charge in [0.25, 0.3) is 0 Å². The lowest BCUT2D eigenvalue weighted by atomic mass is 9.96. The number of hydrogen-bond acceptors (Lipinski definition) is 4. The van der Waals surface area contributed by atoms with Gasteiger partial charge in [0.2, 0.25) is 5.91 Å². The highest BCUT2D eigenvalue weighted by Crippen LogP contribution is 2.21. The van der Waals surface area contributed by atoms with Crippen LogP contribution in [0.2, 0.25) is 0 Å². The van der Waals surface area contributed by atoms with Crippen LogP contribution >= 0.6 is 0 Å². The predicted molar refractivity (Wildman–Crippen MR) is 116 cm³/mol. The van der Waals surface area contributed by atoms with Crippen LogP contribution < -0.4 is 5.32 Å². The second-order valence-corrected chi connectivity index (χ2v) is 8.28. The van der Waals surface area contributed by atoms with E-state index in [1.165, 1.54) is 0 Å². The molecule has 30 heavy (non-hydrogen) atoms. The minimum atomic E-state index is -0.518. The van der Waals surface area contributed by atoms with E-state index in [-0.39, 0.29) is 17.9 Å². The lowest BCUT2D eigenvalue weighted by Gasteiger charge is -2.32. The molecule has 1 aromatic carbocycles. The maximum atomic E-state index is 12.7. The van der Waals surface area contributed by atoms with Gasteiger partial charge in [-0.3, -0.25) is 4.79 Å². The molecule has 0 bridgehead atoms. The molecule has 0 aliphatic carbocycles. The Labute approximate surface area is 177 Å². The van der Waals surface area contributed by atoms with Gasteiger partial charge in [-0.2, -0.15) is 0 Å². The van der Waals surface area contributed by atoms with Crippen LogP contribution in [0.3, 0.4) is 0 Å². The highest BCUT2D eigenvalue weighted by atomic mass is 16.6. The number of carbonyl (C=O) groups excluding carboxylic acids is 2. The van der Waals surface area contributed by atoms with Crippen molar-refractivity contribution in [3.05, 3.63) is 59.9 Å². The van der Waals surface area contributed by atoms with E-state index < -0.39 is 5.60 Å². The van der Waals surface area contributed by atoms with Gasteiger partial charge in [-0.25, -0.2) is 9.78 Å². The maximum Gasteiger partial charge on any atom is 0.410 e. The summed E-state index contributed by atoms with van der Waals surface area (Å²) in [5, 5.41) is 2.98. The molecule has 0 spiro atoms. The Morgan fingerprint density at radius 1 is 1.10 bits per heavy atom. The number of nitrogens with zero attached hydrogens (tertiary/aromatic N) is 2. The molecule has 6 heteroatoms. The maximum absolute atomic E-state index is 12.7. The van der Waals surface area contributed by atoms with E-state index in [1.807, 2.05) is 63.2 Å². The molecule has 2 aromatic rings. The molecular weight excluding hydrogens is 378 g/mol. The standard InChI is InChI=1S/C24H27N3O3/c1-24(2,3)30-23(29)27-15-12-19(13-16-27)22(28)26-21-9-6-7-18(17-21)10-11-20-8-4-5-14-25-20/h4-9,14,17,19H,12-13,15-16H2,1-3H3,(H,26,28). The smallest absolute Gasteiger partial charge is 0.410 e. The van der Waals surface area contributed by atoms with Crippen LogP contribution in [0.5, 0.6) is 0 Å². The average Bonchev–Trinajstić information content (AvgIpc) is 2.72. The third-order valence-electron chi connectivity index (χ3n) is 4.65. The summed E-state index contributed by atoms with van der Waals surface area (Å²) < 4.78 is 5.41. The Hall–Kier alpha value is -3.33. The summed E-state index contributed by atoms with van der Waals surface area (Å²) in [5.41, 5.74) is 1.69. The molecule has 3 rings (SSSR count). The summed E-state index contributed by atoms with van der Waals surface area (Å²) in [6.07, 6.45) is 2.61. The molecule has 2 amide bonds. The molecule has 1 N–H and O–H groups in total. The first-order chi connectivity index (χ1) is 14.3. The highest BCUT2D eigenvalue weighted by Gasteiger charge is 2.29. The van der Waals surface area contributed by atoms with Crippen LogP contribution in [0.1, 0.15) is 44.9 Å². The van der Waals surface area contributed by atoms with Gasteiger partial charge < -0.3 is 15.0 Å². The van der Waals surface area contributed by atoms with Gasteiger partial charge in [-0.1, -0.05) is 18.1 Å². The van der Waals surface area contributed by atoms with Crippen molar-refractivity contribution < 1.29 is 14.3 Å². The Kier molecular flexibility index (Phi) is 6.73. The molecule has 1 saturated heterocycles. The van der Waals surface area contributed by atoms with Crippen LogP contribution in [-0.2, 0) is 9.53 Å². The molecule has 1 aliphatic rings. The van der Waals surface area contributed by atoms with Gasteiger partial charge in [0.1, 0.15) is 11.3 Å². The minimum Gasteiger partial charge on any atom is -0.444 e. The van der Waals surface area contributed by atoms with Gasteiger partial charge in [0.15, 0.2) is 0 Å². The first kappa shape index (κ1) is 21.4. The van der Waals surface area contributed by atoms with E-state index in [2.05, 4.69) is 22.1 Å². The SMILES string of the molecule is CC(C)(C)OC(=O)N1CCC(C(=O)Nc2cccc(C#Cc3ccccn3)c2)CC1. The van der Waals surface area contributed by atoms with Crippen LogP contribution in [0.15, 0.2) is 48.7 Å². The van der Waals surface area contributed by atoms with Crippen LogP contribution in [0.4, 0.5) is 10.5 Å². The molecule has 1 aliphatic heterocycles. The van der Waals surface area contributed by atoms with Crippen molar-refractivity contribution >= 4 is 17.7 Å². The number of piperidine rings is 1. The Balaban J connectivity index is 1.55. The number of likely N-dealkylation sites (tertiary alicyclic amines) is 1. The number of nitrogens with one attached hydrogen (secondary N) is 1. The van der Waals surface area contributed by atoms with Gasteiger partial charge in [-0.05, 0) is 69.9 Å².